The molecule has 154 valence electrons. The first-order valence-corrected chi connectivity index (χ1v) is 10.2. The Kier molecular flexibility index (Phi) is 5.71. The molecule has 1 aliphatic heterocycles. The predicted octanol–water partition coefficient (Wildman–Crippen LogP) is 3.92. The predicted molar refractivity (Wildman–Crippen MR) is 110 cm³/mol. The maximum absolute atomic E-state index is 13.0. The number of benzene rings is 2. The Hall–Kier alpha value is -3.33. The summed E-state index contributed by atoms with van der Waals surface area (Å²) in [6, 6.07) is 12.2. The lowest BCUT2D eigenvalue weighted by molar-refractivity contribution is 0.0735. The largest absolute Gasteiger partial charge is 0.497 e. The molecule has 0 saturated carbocycles. The summed E-state index contributed by atoms with van der Waals surface area (Å²) < 4.78 is 18.2. The van der Waals surface area contributed by atoms with Gasteiger partial charge in [0.05, 0.1) is 13.2 Å². The minimum absolute atomic E-state index is 0.0901. The number of ether oxygens (including phenoxy) is 1. The zero-order chi connectivity index (χ0) is 21.1. The Morgan fingerprint density at radius 2 is 1.87 bits per heavy atom. The zero-order valence-corrected chi connectivity index (χ0v) is 17.0. The summed E-state index contributed by atoms with van der Waals surface area (Å²) in [4.78, 5) is 27.2. The second-order valence-corrected chi connectivity index (χ2v) is 7.80. The van der Waals surface area contributed by atoms with Gasteiger partial charge in [-0.1, -0.05) is 11.3 Å². The number of carbonyl (C=O) groups is 2. The minimum atomic E-state index is -0.420. The van der Waals surface area contributed by atoms with E-state index in [9.17, 15) is 14.0 Å². The van der Waals surface area contributed by atoms with Crippen molar-refractivity contribution in [1.29, 1.82) is 0 Å². The van der Waals surface area contributed by atoms with Crippen molar-refractivity contribution in [2.75, 3.05) is 19.0 Å². The normalized spacial score (nSPS) is 15.8. The standard InChI is InChI=1S/C21H19FN4O3S/c1-29-16-10-4-13(5-11-16)21(28)26-12-2-3-17(26)19-24-25-20(30-19)18(27)23-15-8-6-14(22)7-9-15/h4-11,17H,2-3,12H2,1H3,(H,23,27)/t17-/m1/s1. The van der Waals surface area contributed by atoms with E-state index < -0.39 is 5.91 Å². The number of rotatable bonds is 5. The first-order chi connectivity index (χ1) is 14.5. The van der Waals surface area contributed by atoms with E-state index in [0.29, 0.717) is 28.6 Å². The molecular weight excluding hydrogens is 407 g/mol. The number of amides is 2. The van der Waals surface area contributed by atoms with E-state index in [4.69, 9.17) is 4.74 Å². The van der Waals surface area contributed by atoms with Crippen LogP contribution < -0.4 is 10.1 Å². The summed E-state index contributed by atoms with van der Waals surface area (Å²) in [5, 5.41) is 11.6. The van der Waals surface area contributed by atoms with Crippen molar-refractivity contribution in [3.05, 3.63) is 69.9 Å². The second-order valence-electron chi connectivity index (χ2n) is 6.79. The lowest BCUT2D eigenvalue weighted by Gasteiger charge is -2.22. The van der Waals surface area contributed by atoms with E-state index in [1.807, 2.05) is 0 Å². The number of methoxy groups -OCH3 is 1. The first-order valence-electron chi connectivity index (χ1n) is 9.40. The third-order valence-electron chi connectivity index (χ3n) is 4.87. The molecule has 0 bridgehead atoms. The van der Waals surface area contributed by atoms with Gasteiger partial charge in [0, 0.05) is 17.8 Å². The number of carbonyl (C=O) groups excluding carboxylic acids is 2. The van der Waals surface area contributed by atoms with Crippen LogP contribution in [0.15, 0.2) is 48.5 Å². The topological polar surface area (TPSA) is 84.4 Å². The van der Waals surface area contributed by atoms with Gasteiger partial charge in [0.1, 0.15) is 16.6 Å². The molecule has 7 nitrogen and oxygen atoms in total. The van der Waals surface area contributed by atoms with Gasteiger partial charge in [-0.2, -0.15) is 0 Å². The fraction of sp³-hybridized carbons (Fsp3) is 0.238. The molecule has 1 aromatic heterocycles. The van der Waals surface area contributed by atoms with Crippen molar-refractivity contribution in [3.63, 3.8) is 0 Å². The number of nitrogens with one attached hydrogen (secondary N) is 1. The number of halogens is 1. The third kappa shape index (κ3) is 4.16. The number of hydrogen-bond acceptors (Lipinski definition) is 6. The van der Waals surface area contributed by atoms with Crippen molar-refractivity contribution >= 4 is 28.8 Å². The highest BCUT2D eigenvalue weighted by molar-refractivity contribution is 7.13. The molecule has 2 amide bonds. The Balaban J connectivity index is 1.48. The van der Waals surface area contributed by atoms with Gasteiger partial charge in [0.15, 0.2) is 0 Å². The Morgan fingerprint density at radius 3 is 2.57 bits per heavy atom. The summed E-state index contributed by atoms with van der Waals surface area (Å²) >= 11 is 1.16. The molecule has 4 rings (SSSR count). The monoisotopic (exact) mass is 426 g/mol. The zero-order valence-electron chi connectivity index (χ0n) is 16.2. The molecule has 2 heterocycles. The smallest absolute Gasteiger partial charge is 0.286 e. The van der Waals surface area contributed by atoms with Gasteiger partial charge in [-0.15, -0.1) is 10.2 Å². The van der Waals surface area contributed by atoms with Crippen molar-refractivity contribution < 1.29 is 18.7 Å². The van der Waals surface area contributed by atoms with Gasteiger partial charge >= 0.3 is 0 Å². The molecule has 0 aliphatic carbocycles. The van der Waals surface area contributed by atoms with Crippen molar-refractivity contribution in [3.8, 4) is 5.75 Å². The van der Waals surface area contributed by atoms with E-state index in [1.165, 1.54) is 24.3 Å². The fourth-order valence-electron chi connectivity index (χ4n) is 3.34. The molecule has 1 N–H and O–H groups in total. The maximum Gasteiger partial charge on any atom is 0.286 e. The van der Waals surface area contributed by atoms with E-state index >= 15 is 0 Å². The van der Waals surface area contributed by atoms with Crippen LogP contribution in [0.2, 0.25) is 0 Å². The van der Waals surface area contributed by atoms with E-state index in [1.54, 1.807) is 36.3 Å². The summed E-state index contributed by atoms with van der Waals surface area (Å²) in [7, 11) is 1.58. The Bertz CT molecular complexity index is 1050. The number of aromatic nitrogens is 2. The number of nitrogens with zero attached hydrogens (tertiary/aromatic N) is 3. The van der Waals surface area contributed by atoms with Crippen LogP contribution in [0, 0.1) is 5.82 Å². The third-order valence-corrected chi connectivity index (χ3v) is 5.90. The summed E-state index contributed by atoms with van der Waals surface area (Å²) in [5.74, 6) is -0.205. The maximum atomic E-state index is 13.0. The first kappa shape index (κ1) is 20.0. The molecule has 2 aromatic carbocycles. The van der Waals surface area contributed by atoms with Crippen LogP contribution in [0.5, 0.6) is 5.75 Å². The van der Waals surface area contributed by atoms with Crippen LogP contribution in [-0.4, -0.2) is 40.6 Å². The highest BCUT2D eigenvalue weighted by Gasteiger charge is 2.33. The molecule has 1 aliphatic rings. The molecule has 0 radical (unpaired) electrons. The van der Waals surface area contributed by atoms with Crippen LogP contribution >= 0.6 is 11.3 Å². The number of hydrogen-bond donors (Lipinski definition) is 1. The molecule has 0 spiro atoms. The van der Waals surface area contributed by atoms with Gasteiger partial charge in [-0.05, 0) is 61.4 Å². The van der Waals surface area contributed by atoms with E-state index in [2.05, 4.69) is 15.5 Å². The molecule has 1 fully saturated rings. The quantitative estimate of drug-likeness (QED) is 0.669. The molecule has 3 aromatic rings. The fourth-order valence-corrected chi connectivity index (χ4v) is 4.23. The van der Waals surface area contributed by atoms with Gasteiger partial charge in [0.25, 0.3) is 11.8 Å². The molecule has 9 heteroatoms. The van der Waals surface area contributed by atoms with Crippen molar-refractivity contribution in [1.82, 2.24) is 15.1 Å². The van der Waals surface area contributed by atoms with Crippen LogP contribution in [0.25, 0.3) is 0 Å². The average molecular weight is 426 g/mol. The number of anilines is 1. The SMILES string of the molecule is COc1ccc(C(=O)N2CCC[C@@H]2c2nnc(C(=O)Nc3ccc(F)cc3)s2)cc1. The molecule has 30 heavy (non-hydrogen) atoms. The van der Waals surface area contributed by atoms with Gasteiger partial charge in [-0.25, -0.2) is 4.39 Å². The number of likely N-dealkylation sites (tertiary alicyclic amines) is 1. The molecule has 1 saturated heterocycles. The van der Waals surface area contributed by atoms with Crippen LogP contribution in [-0.2, 0) is 0 Å². The highest BCUT2D eigenvalue weighted by atomic mass is 32.1. The lowest BCUT2D eigenvalue weighted by atomic mass is 10.1. The van der Waals surface area contributed by atoms with E-state index in [0.717, 1.165) is 24.2 Å². The summed E-state index contributed by atoms with van der Waals surface area (Å²) in [6.45, 7) is 0.617. The lowest BCUT2D eigenvalue weighted by Crippen LogP contribution is -2.30. The van der Waals surface area contributed by atoms with Crippen molar-refractivity contribution in [2.24, 2.45) is 0 Å². The molecular formula is C21H19FN4O3S. The molecule has 1 atom stereocenters. The van der Waals surface area contributed by atoms with E-state index in [-0.39, 0.29) is 22.8 Å². The summed E-state index contributed by atoms with van der Waals surface area (Å²) in [6.07, 6.45) is 1.61. The molecule has 0 unspecified atom stereocenters. The van der Waals surface area contributed by atoms with Crippen LogP contribution in [0.4, 0.5) is 10.1 Å². The highest BCUT2D eigenvalue weighted by Crippen LogP contribution is 2.35. The second kappa shape index (κ2) is 8.58. The van der Waals surface area contributed by atoms with Gasteiger partial charge in [0.2, 0.25) is 5.01 Å². The van der Waals surface area contributed by atoms with Crippen LogP contribution in [0.1, 0.15) is 44.1 Å². The summed E-state index contributed by atoms with van der Waals surface area (Å²) in [5.41, 5.74) is 1.04. The van der Waals surface area contributed by atoms with Crippen LogP contribution in [0.3, 0.4) is 0 Å². The Labute approximate surface area is 176 Å². The van der Waals surface area contributed by atoms with Gasteiger partial charge < -0.3 is 15.0 Å². The van der Waals surface area contributed by atoms with Crippen molar-refractivity contribution in [2.45, 2.75) is 18.9 Å². The average Bonchev–Trinajstić information content (AvgIpc) is 3.44. The van der Waals surface area contributed by atoms with Gasteiger partial charge in [-0.3, -0.25) is 9.59 Å². The Morgan fingerprint density at radius 1 is 1.13 bits per heavy atom. The minimum Gasteiger partial charge on any atom is -0.497 e.